The summed E-state index contributed by atoms with van der Waals surface area (Å²) in [5.74, 6) is 0.364. The van der Waals surface area contributed by atoms with Crippen LogP contribution in [0.1, 0.15) is 16.7 Å². The number of para-hydroxylation sites is 1. The van der Waals surface area contributed by atoms with Crippen molar-refractivity contribution in [3.05, 3.63) is 53.3 Å². The molecular formula is C13H13NO2S. The molecule has 0 saturated heterocycles. The molecule has 2 aromatic rings. The number of aromatic nitrogens is 1. The summed E-state index contributed by atoms with van der Waals surface area (Å²) < 4.78 is 24.9. The molecule has 3 nitrogen and oxygen atoms in total. The maximum absolute atomic E-state index is 11.5. The Balaban J connectivity index is 2.07. The molecule has 0 N–H and O–H groups in total. The van der Waals surface area contributed by atoms with E-state index in [4.69, 9.17) is 0 Å². The fourth-order valence-corrected chi connectivity index (χ4v) is 3.89. The summed E-state index contributed by atoms with van der Waals surface area (Å²) in [5, 5.41) is 0. The van der Waals surface area contributed by atoms with Crippen LogP contribution >= 0.6 is 0 Å². The van der Waals surface area contributed by atoms with E-state index < -0.39 is 9.84 Å². The van der Waals surface area contributed by atoms with Crippen molar-refractivity contribution in [3.63, 3.8) is 0 Å². The zero-order valence-corrected chi connectivity index (χ0v) is 10.4. The van der Waals surface area contributed by atoms with Crippen LogP contribution in [-0.2, 0) is 21.3 Å². The largest absolute Gasteiger partial charge is 0.323 e. The standard InChI is InChI=1S/C13H13NO2S/c1-10-4-2-3-5-13(10)14-6-11-8-17(15,16)9-12(11)7-14/h2-7H,8-9H2,1H3. The fraction of sp³-hybridized carbons (Fsp3) is 0.231. The maximum atomic E-state index is 11.5. The van der Waals surface area contributed by atoms with Crippen LogP contribution in [0.2, 0.25) is 0 Å². The molecule has 1 aliphatic heterocycles. The Labute approximate surface area is 101 Å². The lowest BCUT2D eigenvalue weighted by Gasteiger charge is -2.06. The van der Waals surface area contributed by atoms with Crippen molar-refractivity contribution in [1.82, 2.24) is 4.57 Å². The van der Waals surface area contributed by atoms with Crippen molar-refractivity contribution in [2.75, 3.05) is 0 Å². The van der Waals surface area contributed by atoms with Crippen molar-refractivity contribution in [2.24, 2.45) is 0 Å². The first-order valence-electron chi connectivity index (χ1n) is 5.51. The molecule has 0 amide bonds. The molecule has 0 radical (unpaired) electrons. The molecule has 17 heavy (non-hydrogen) atoms. The van der Waals surface area contributed by atoms with Gasteiger partial charge in [-0.1, -0.05) is 18.2 Å². The van der Waals surface area contributed by atoms with E-state index in [2.05, 4.69) is 13.0 Å². The zero-order valence-electron chi connectivity index (χ0n) is 9.55. The Morgan fingerprint density at radius 1 is 1.06 bits per heavy atom. The summed E-state index contributed by atoms with van der Waals surface area (Å²) in [4.78, 5) is 0. The van der Waals surface area contributed by atoms with E-state index in [0.29, 0.717) is 0 Å². The molecule has 1 aliphatic rings. The molecule has 2 heterocycles. The number of nitrogens with zero attached hydrogens (tertiary/aromatic N) is 1. The fourth-order valence-electron chi connectivity index (χ4n) is 2.32. The Hall–Kier alpha value is -1.55. The Morgan fingerprint density at radius 2 is 1.65 bits per heavy atom. The Kier molecular flexibility index (Phi) is 2.16. The first kappa shape index (κ1) is 10.6. The number of fused-ring (bicyclic) bond motifs is 1. The predicted octanol–water partition coefficient (Wildman–Crippen LogP) is 2.21. The van der Waals surface area contributed by atoms with Crippen LogP contribution < -0.4 is 0 Å². The Morgan fingerprint density at radius 3 is 2.24 bits per heavy atom. The highest BCUT2D eigenvalue weighted by Gasteiger charge is 2.26. The van der Waals surface area contributed by atoms with Gasteiger partial charge in [-0.15, -0.1) is 0 Å². The second kappa shape index (κ2) is 3.47. The zero-order chi connectivity index (χ0) is 12.0. The molecule has 0 saturated carbocycles. The van der Waals surface area contributed by atoms with Gasteiger partial charge in [0.1, 0.15) is 0 Å². The van der Waals surface area contributed by atoms with E-state index in [9.17, 15) is 8.42 Å². The highest BCUT2D eigenvalue weighted by molar-refractivity contribution is 7.90. The summed E-state index contributed by atoms with van der Waals surface area (Å²) in [6.07, 6.45) is 3.87. The topological polar surface area (TPSA) is 39.1 Å². The minimum atomic E-state index is -2.88. The van der Waals surface area contributed by atoms with E-state index in [1.165, 1.54) is 5.56 Å². The van der Waals surface area contributed by atoms with Crippen LogP contribution in [0.4, 0.5) is 0 Å². The van der Waals surface area contributed by atoms with E-state index in [1.807, 2.05) is 35.2 Å². The number of benzene rings is 1. The average molecular weight is 247 g/mol. The van der Waals surface area contributed by atoms with Crippen molar-refractivity contribution in [2.45, 2.75) is 18.4 Å². The molecule has 0 bridgehead atoms. The monoisotopic (exact) mass is 247 g/mol. The van der Waals surface area contributed by atoms with Gasteiger partial charge in [-0.25, -0.2) is 8.42 Å². The number of hydrogen-bond acceptors (Lipinski definition) is 2. The van der Waals surface area contributed by atoms with Crippen molar-refractivity contribution >= 4 is 9.84 Å². The van der Waals surface area contributed by atoms with Gasteiger partial charge in [-0.2, -0.15) is 0 Å². The smallest absolute Gasteiger partial charge is 0.158 e. The van der Waals surface area contributed by atoms with Gasteiger partial charge >= 0.3 is 0 Å². The lowest BCUT2D eigenvalue weighted by Crippen LogP contribution is -1.99. The van der Waals surface area contributed by atoms with Crippen molar-refractivity contribution in [1.29, 1.82) is 0 Å². The molecule has 0 fully saturated rings. The van der Waals surface area contributed by atoms with Crippen LogP contribution in [0.15, 0.2) is 36.7 Å². The average Bonchev–Trinajstić information content (AvgIpc) is 2.71. The van der Waals surface area contributed by atoms with E-state index in [-0.39, 0.29) is 11.5 Å². The van der Waals surface area contributed by atoms with Gasteiger partial charge in [-0.3, -0.25) is 0 Å². The van der Waals surface area contributed by atoms with Crippen LogP contribution in [-0.4, -0.2) is 13.0 Å². The van der Waals surface area contributed by atoms with Crippen LogP contribution in [0.3, 0.4) is 0 Å². The number of aryl methyl sites for hydroxylation is 1. The second-order valence-corrected chi connectivity index (χ2v) is 6.60. The highest BCUT2D eigenvalue weighted by atomic mass is 32.2. The van der Waals surface area contributed by atoms with Crippen molar-refractivity contribution < 1.29 is 8.42 Å². The van der Waals surface area contributed by atoms with Crippen molar-refractivity contribution in [3.8, 4) is 5.69 Å². The van der Waals surface area contributed by atoms with Gasteiger partial charge in [0.05, 0.1) is 11.5 Å². The summed E-state index contributed by atoms with van der Waals surface area (Å²) in [7, 11) is -2.88. The minimum absolute atomic E-state index is 0.182. The van der Waals surface area contributed by atoms with Crippen LogP contribution in [0, 0.1) is 6.92 Å². The third kappa shape index (κ3) is 1.78. The molecule has 0 aliphatic carbocycles. The molecule has 0 atom stereocenters. The molecule has 4 heteroatoms. The summed E-state index contributed by atoms with van der Waals surface area (Å²) in [5.41, 5.74) is 4.17. The molecule has 3 rings (SSSR count). The number of hydrogen-bond donors (Lipinski definition) is 0. The highest BCUT2D eigenvalue weighted by Crippen LogP contribution is 2.28. The maximum Gasteiger partial charge on any atom is 0.158 e. The van der Waals surface area contributed by atoms with Gasteiger partial charge in [-0.05, 0) is 29.7 Å². The van der Waals surface area contributed by atoms with E-state index in [1.54, 1.807) is 0 Å². The summed E-state index contributed by atoms with van der Waals surface area (Å²) in [6.45, 7) is 2.05. The second-order valence-electron chi connectivity index (χ2n) is 4.53. The molecule has 1 aromatic carbocycles. The summed E-state index contributed by atoms with van der Waals surface area (Å²) >= 11 is 0. The number of sulfone groups is 1. The van der Waals surface area contributed by atoms with Gasteiger partial charge in [0.25, 0.3) is 0 Å². The first-order valence-corrected chi connectivity index (χ1v) is 7.33. The lowest BCUT2D eigenvalue weighted by atomic mass is 10.2. The predicted molar refractivity (Wildman–Crippen MR) is 66.8 cm³/mol. The van der Waals surface area contributed by atoms with Crippen LogP contribution in [0.25, 0.3) is 5.69 Å². The Bertz CT molecular complexity index is 654. The van der Waals surface area contributed by atoms with Gasteiger partial charge in [0, 0.05) is 18.1 Å². The van der Waals surface area contributed by atoms with Gasteiger partial charge in [0.15, 0.2) is 9.84 Å². The molecule has 88 valence electrons. The third-order valence-electron chi connectivity index (χ3n) is 3.15. The third-order valence-corrected chi connectivity index (χ3v) is 4.65. The first-order chi connectivity index (χ1) is 8.05. The molecular weight excluding hydrogens is 234 g/mol. The van der Waals surface area contributed by atoms with Gasteiger partial charge < -0.3 is 4.57 Å². The van der Waals surface area contributed by atoms with E-state index in [0.717, 1.165) is 16.8 Å². The molecule has 0 unspecified atom stereocenters. The van der Waals surface area contributed by atoms with Crippen LogP contribution in [0.5, 0.6) is 0 Å². The molecule has 0 spiro atoms. The summed E-state index contributed by atoms with van der Waals surface area (Å²) in [6, 6.07) is 8.08. The SMILES string of the molecule is Cc1ccccc1-n1cc2c(c1)CS(=O)(=O)C2. The lowest BCUT2D eigenvalue weighted by molar-refractivity contribution is 0.597. The van der Waals surface area contributed by atoms with E-state index >= 15 is 0 Å². The normalized spacial score (nSPS) is 17.0. The molecule has 1 aromatic heterocycles. The van der Waals surface area contributed by atoms with Gasteiger partial charge in [0.2, 0.25) is 0 Å². The quantitative estimate of drug-likeness (QED) is 0.775. The number of rotatable bonds is 1. The minimum Gasteiger partial charge on any atom is -0.323 e.